The Labute approximate surface area is 163 Å². The second-order valence-corrected chi connectivity index (χ2v) is 7.72. The van der Waals surface area contributed by atoms with E-state index in [4.69, 9.17) is 0 Å². The van der Waals surface area contributed by atoms with Gasteiger partial charge in [-0.1, -0.05) is 18.2 Å². The van der Waals surface area contributed by atoms with E-state index in [1.807, 2.05) is 25.1 Å². The van der Waals surface area contributed by atoms with Crippen LogP contribution in [0, 0.1) is 18.6 Å². The summed E-state index contributed by atoms with van der Waals surface area (Å²) in [6.45, 7) is 4.84. The summed E-state index contributed by atoms with van der Waals surface area (Å²) in [4.78, 5) is 17.5. The average molecular weight is 382 g/mol. The van der Waals surface area contributed by atoms with E-state index in [1.165, 1.54) is 23.8 Å². The summed E-state index contributed by atoms with van der Waals surface area (Å²) in [5.41, 5.74) is 2.59. The number of H-pyrrole nitrogens is 1. The Morgan fingerprint density at radius 2 is 1.93 bits per heavy atom. The van der Waals surface area contributed by atoms with Crippen LogP contribution in [-0.4, -0.2) is 29.5 Å². The lowest BCUT2D eigenvalue weighted by atomic mass is 9.99. The second-order valence-electron chi connectivity index (χ2n) is 7.72. The summed E-state index contributed by atoms with van der Waals surface area (Å²) in [6.07, 6.45) is 2.75. The summed E-state index contributed by atoms with van der Waals surface area (Å²) in [5, 5.41) is 0.835. The smallest absolute Gasteiger partial charge is 0.259 e. The predicted molar refractivity (Wildman–Crippen MR) is 108 cm³/mol. The van der Waals surface area contributed by atoms with E-state index in [1.54, 1.807) is 6.07 Å². The van der Waals surface area contributed by atoms with Crippen molar-refractivity contribution in [1.82, 2.24) is 9.88 Å². The van der Waals surface area contributed by atoms with Crippen LogP contribution in [0.3, 0.4) is 0 Å². The van der Waals surface area contributed by atoms with Crippen LogP contribution in [0.1, 0.15) is 35.6 Å². The number of hydrogen-bond donors (Lipinski definition) is 1. The number of fused-ring (bicyclic) bond motifs is 1. The van der Waals surface area contributed by atoms with Crippen molar-refractivity contribution in [3.63, 3.8) is 0 Å². The van der Waals surface area contributed by atoms with Crippen molar-refractivity contribution < 1.29 is 8.78 Å². The molecule has 1 unspecified atom stereocenters. The van der Waals surface area contributed by atoms with Gasteiger partial charge >= 0.3 is 0 Å². The van der Waals surface area contributed by atoms with E-state index in [2.05, 4.69) is 9.88 Å². The van der Waals surface area contributed by atoms with Gasteiger partial charge in [-0.2, -0.15) is 0 Å². The zero-order valence-corrected chi connectivity index (χ0v) is 16.0. The van der Waals surface area contributed by atoms with Gasteiger partial charge in [0, 0.05) is 12.2 Å². The molecule has 146 valence electrons. The van der Waals surface area contributed by atoms with E-state index in [0.717, 1.165) is 50.2 Å². The molecule has 3 aromatic rings. The molecule has 2 heterocycles. The number of hydrogen-bond acceptors (Lipinski definition) is 2. The summed E-state index contributed by atoms with van der Waals surface area (Å²) >= 11 is 0. The fourth-order valence-electron chi connectivity index (χ4n) is 4.20. The summed E-state index contributed by atoms with van der Waals surface area (Å²) < 4.78 is 27.1. The zero-order valence-electron chi connectivity index (χ0n) is 16.0. The monoisotopic (exact) mass is 382 g/mol. The Kier molecular flexibility index (Phi) is 5.27. The molecule has 0 radical (unpaired) electrons. The average Bonchev–Trinajstić information content (AvgIpc) is 3.14. The first-order valence-electron chi connectivity index (χ1n) is 9.80. The fraction of sp³-hybridized carbons (Fsp3) is 0.348. The minimum atomic E-state index is -0.475. The molecule has 2 aromatic carbocycles. The Morgan fingerprint density at radius 3 is 2.71 bits per heavy atom. The van der Waals surface area contributed by atoms with Crippen LogP contribution < -0.4 is 5.56 Å². The van der Waals surface area contributed by atoms with E-state index in [9.17, 15) is 13.6 Å². The third-order valence-electron chi connectivity index (χ3n) is 5.77. The molecule has 28 heavy (non-hydrogen) atoms. The number of nitrogens with zero attached hydrogens (tertiary/aromatic N) is 1. The topological polar surface area (TPSA) is 36.1 Å². The second kappa shape index (κ2) is 7.84. The van der Waals surface area contributed by atoms with Gasteiger partial charge in [-0.15, -0.1) is 0 Å². The fourth-order valence-corrected chi connectivity index (χ4v) is 4.20. The van der Waals surface area contributed by atoms with E-state index in [0.29, 0.717) is 11.3 Å². The van der Waals surface area contributed by atoms with Gasteiger partial charge in [0.15, 0.2) is 0 Å². The molecule has 1 aliphatic heterocycles. The molecule has 5 heteroatoms. The maximum atomic E-state index is 14.0. The third kappa shape index (κ3) is 3.85. The first-order valence-corrected chi connectivity index (χ1v) is 9.80. The van der Waals surface area contributed by atoms with Gasteiger partial charge in [0.25, 0.3) is 5.56 Å². The Morgan fingerprint density at radius 1 is 1.14 bits per heavy atom. The molecular weight excluding hydrogens is 358 g/mol. The first kappa shape index (κ1) is 18.8. The highest BCUT2D eigenvalue weighted by Gasteiger charge is 2.23. The number of aromatic nitrogens is 1. The van der Waals surface area contributed by atoms with Crippen LogP contribution in [-0.2, 0) is 6.42 Å². The molecule has 0 saturated carbocycles. The Hall–Kier alpha value is -2.53. The van der Waals surface area contributed by atoms with Crippen LogP contribution in [0.25, 0.3) is 10.8 Å². The highest BCUT2D eigenvalue weighted by Crippen LogP contribution is 2.27. The molecule has 1 atom stereocenters. The molecule has 1 N–H and O–H groups in total. The number of benzene rings is 2. The highest BCUT2D eigenvalue weighted by atomic mass is 19.1. The number of likely N-dealkylation sites (tertiary alicyclic amines) is 1. The molecule has 0 amide bonds. The lowest BCUT2D eigenvalue weighted by Crippen LogP contribution is -2.22. The normalized spacial score (nSPS) is 17.5. The lowest BCUT2D eigenvalue weighted by molar-refractivity contribution is 0.329. The van der Waals surface area contributed by atoms with Gasteiger partial charge in [0.05, 0.1) is 5.39 Å². The van der Waals surface area contributed by atoms with Crippen LogP contribution >= 0.6 is 0 Å². The molecule has 1 fully saturated rings. The van der Waals surface area contributed by atoms with Crippen molar-refractivity contribution in [3.05, 3.63) is 81.3 Å². The van der Waals surface area contributed by atoms with Crippen LogP contribution in [0.2, 0.25) is 0 Å². The molecule has 1 aliphatic rings. The van der Waals surface area contributed by atoms with Gasteiger partial charge < -0.3 is 9.88 Å². The SMILES string of the molecule is Cc1ccc(F)c2c(=O)[nH]c(CCCN3CCC(c4ccc(F)cc4)C3)cc12. The first-order chi connectivity index (χ1) is 13.5. The summed E-state index contributed by atoms with van der Waals surface area (Å²) in [6, 6.07) is 11.8. The van der Waals surface area contributed by atoms with Crippen molar-refractivity contribution in [2.24, 2.45) is 0 Å². The maximum Gasteiger partial charge on any atom is 0.259 e. The van der Waals surface area contributed by atoms with Crippen molar-refractivity contribution in [1.29, 1.82) is 0 Å². The molecule has 3 nitrogen and oxygen atoms in total. The number of rotatable bonds is 5. The van der Waals surface area contributed by atoms with Crippen molar-refractivity contribution in [2.45, 2.75) is 32.1 Å². The van der Waals surface area contributed by atoms with Gasteiger partial charge in [0.2, 0.25) is 0 Å². The number of halogens is 2. The third-order valence-corrected chi connectivity index (χ3v) is 5.77. The standard InChI is InChI=1S/C23H24F2N2O/c1-15-4-9-21(25)22-20(15)13-19(26-23(22)28)3-2-11-27-12-10-17(14-27)16-5-7-18(24)8-6-16/h4-9,13,17H,2-3,10-12,14H2,1H3,(H,26,28). The number of pyridine rings is 1. The number of aromatic amines is 1. The van der Waals surface area contributed by atoms with Gasteiger partial charge in [0.1, 0.15) is 11.6 Å². The Bertz CT molecular complexity index is 1040. The van der Waals surface area contributed by atoms with Crippen LogP contribution in [0.15, 0.2) is 47.3 Å². The minimum Gasteiger partial charge on any atom is -0.326 e. The van der Waals surface area contributed by atoms with Crippen LogP contribution in [0.5, 0.6) is 0 Å². The molecule has 0 spiro atoms. The van der Waals surface area contributed by atoms with Crippen molar-refractivity contribution in [3.8, 4) is 0 Å². The van der Waals surface area contributed by atoms with Gasteiger partial charge in [-0.25, -0.2) is 8.78 Å². The zero-order chi connectivity index (χ0) is 19.7. The van der Waals surface area contributed by atoms with Gasteiger partial charge in [-0.05, 0) is 86.0 Å². The van der Waals surface area contributed by atoms with Crippen LogP contribution in [0.4, 0.5) is 8.78 Å². The molecule has 1 saturated heterocycles. The summed E-state index contributed by atoms with van der Waals surface area (Å²) in [5.74, 6) is -0.220. The van der Waals surface area contributed by atoms with Gasteiger partial charge in [-0.3, -0.25) is 4.79 Å². The maximum absolute atomic E-state index is 14.0. The predicted octanol–water partition coefficient (Wildman–Crippen LogP) is 4.54. The number of nitrogens with one attached hydrogen (secondary N) is 1. The number of aryl methyl sites for hydroxylation is 2. The molecule has 0 aliphatic carbocycles. The molecule has 1 aromatic heterocycles. The van der Waals surface area contributed by atoms with E-state index >= 15 is 0 Å². The van der Waals surface area contributed by atoms with E-state index < -0.39 is 5.82 Å². The minimum absolute atomic E-state index is 0.144. The highest BCUT2D eigenvalue weighted by molar-refractivity contribution is 5.85. The van der Waals surface area contributed by atoms with Crippen molar-refractivity contribution in [2.75, 3.05) is 19.6 Å². The quantitative estimate of drug-likeness (QED) is 0.703. The molecule has 4 rings (SSSR count). The largest absolute Gasteiger partial charge is 0.326 e. The molecular formula is C23H24F2N2O. The Balaban J connectivity index is 1.37. The van der Waals surface area contributed by atoms with Crippen molar-refractivity contribution >= 4 is 10.8 Å². The van der Waals surface area contributed by atoms with E-state index in [-0.39, 0.29) is 16.8 Å². The lowest BCUT2D eigenvalue weighted by Gasteiger charge is -2.16. The summed E-state index contributed by atoms with van der Waals surface area (Å²) in [7, 11) is 0. The molecule has 0 bridgehead atoms.